The molecule has 0 bridgehead atoms. The average molecular weight is 493 g/mol. The van der Waals surface area contributed by atoms with Crippen LogP contribution in [-0.2, 0) is 4.74 Å². The van der Waals surface area contributed by atoms with Crippen LogP contribution < -0.4 is 10.1 Å². The SMILES string of the molecule is CCOC(=O)Nc1ccc(-c2nc(-c3cccc(OC)c3)c(-c3ccnc(Br)c3)[nH]2)cc1. The maximum atomic E-state index is 11.6. The number of carbonyl (C=O) groups is 1. The van der Waals surface area contributed by atoms with E-state index < -0.39 is 6.09 Å². The van der Waals surface area contributed by atoms with E-state index in [0.29, 0.717) is 18.1 Å². The molecule has 0 saturated heterocycles. The molecule has 0 aliphatic rings. The second kappa shape index (κ2) is 9.65. The second-order valence-corrected chi connectivity index (χ2v) is 7.64. The fraction of sp³-hybridized carbons (Fsp3) is 0.125. The zero-order chi connectivity index (χ0) is 22.5. The average Bonchev–Trinajstić information content (AvgIpc) is 3.25. The van der Waals surface area contributed by atoms with Gasteiger partial charge in [0.2, 0.25) is 0 Å². The predicted octanol–water partition coefficient (Wildman–Crippen LogP) is 6.15. The van der Waals surface area contributed by atoms with E-state index >= 15 is 0 Å². The Labute approximate surface area is 194 Å². The Morgan fingerprint density at radius 2 is 1.88 bits per heavy atom. The molecule has 0 saturated carbocycles. The Hall–Kier alpha value is -3.65. The molecule has 2 N–H and O–H groups in total. The topological polar surface area (TPSA) is 89.1 Å². The molecular formula is C24H21BrN4O3. The van der Waals surface area contributed by atoms with Gasteiger partial charge in [0.15, 0.2) is 0 Å². The van der Waals surface area contributed by atoms with E-state index in [9.17, 15) is 4.79 Å². The van der Waals surface area contributed by atoms with E-state index in [1.807, 2.05) is 60.7 Å². The van der Waals surface area contributed by atoms with Gasteiger partial charge in [0, 0.05) is 28.6 Å². The minimum absolute atomic E-state index is 0.317. The summed E-state index contributed by atoms with van der Waals surface area (Å²) in [6, 6.07) is 19.0. The van der Waals surface area contributed by atoms with Crippen LogP contribution in [0, 0.1) is 0 Å². The summed E-state index contributed by atoms with van der Waals surface area (Å²) in [6.45, 7) is 2.08. The smallest absolute Gasteiger partial charge is 0.411 e. The van der Waals surface area contributed by atoms with Gasteiger partial charge in [-0.1, -0.05) is 12.1 Å². The molecule has 4 rings (SSSR count). The van der Waals surface area contributed by atoms with Crippen molar-refractivity contribution in [3.8, 4) is 39.7 Å². The number of hydrogen-bond acceptors (Lipinski definition) is 5. The van der Waals surface area contributed by atoms with Crippen molar-refractivity contribution in [2.75, 3.05) is 19.0 Å². The zero-order valence-corrected chi connectivity index (χ0v) is 19.1. The number of ether oxygens (including phenoxy) is 2. The Bertz CT molecular complexity index is 1240. The first-order chi connectivity index (χ1) is 15.6. The molecule has 0 aliphatic heterocycles. The normalized spacial score (nSPS) is 10.6. The summed E-state index contributed by atoms with van der Waals surface area (Å²) in [4.78, 5) is 24.2. The molecule has 8 heteroatoms. The predicted molar refractivity (Wildman–Crippen MR) is 128 cm³/mol. The largest absolute Gasteiger partial charge is 0.497 e. The summed E-state index contributed by atoms with van der Waals surface area (Å²) < 4.78 is 11.0. The highest BCUT2D eigenvalue weighted by Crippen LogP contribution is 2.35. The van der Waals surface area contributed by atoms with Gasteiger partial charge in [0.25, 0.3) is 0 Å². The molecule has 32 heavy (non-hydrogen) atoms. The summed E-state index contributed by atoms with van der Waals surface area (Å²) >= 11 is 3.44. The number of hydrogen-bond donors (Lipinski definition) is 2. The molecular weight excluding hydrogens is 472 g/mol. The number of benzene rings is 2. The lowest BCUT2D eigenvalue weighted by Gasteiger charge is -2.05. The molecule has 2 heterocycles. The summed E-state index contributed by atoms with van der Waals surface area (Å²) in [6.07, 6.45) is 1.26. The van der Waals surface area contributed by atoms with Crippen LogP contribution in [0.5, 0.6) is 5.75 Å². The van der Waals surface area contributed by atoms with Crippen LogP contribution >= 0.6 is 15.9 Å². The lowest BCUT2D eigenvalue weighted by Crippen LogP contribution is -2.13. The van der Waals surface area contributed by atoms with Crippen molar-refractivity contribution in [1.29, 1.82) is 0 Å². The van der Waals surface area contributed by atoms with Gasteiger partial charge in [-0.15, -0.1) is 0 Å². The first-order valence-corrected chi connectivity index (χ1v) is 10.8. The third kappa shape index (κ3) is 4.81. The van der Waals surface area contributed by atoms with Crippen LogP contribution in [0.25, 0.3) is 33.9 Å². The quantitative estimate of drug-likeness (QED) is 0.315. The number of nitrogens with zero attached hydrogens (tertiary/aromatic N) is 2. The lowest BCUT2D eigenvalue weighted by atomic mass is 10.1. The number of halogens is 1. The fourth-order valence-corrected chi connectivity index (χ4v) is 3.62. The number of methoxy groups -OCH3 is 1. The summed E-state index contributed by atoms with van der Waals surface area (Å²) in [7, 11) is 1.64. The standard InChI is InChI=1S/C24H21BrN4O3/c1-3-32-24(30)27-18-9-7-15(8-10-18)23-28-21(16-5-4-6-19(13-16)31-2)22(29-23)17-11-12-26-20(25)14-17/h4-14H,3H2,1-2H3,(H,27,30)(H,28,29). The van der Waals surface area contributed by atoms with E-state index in [-0.39, 0.29) is 0 Å². The number of amides is 1. The molecule has 1 amide bonds. The van der Waals surface area contributed by atoms with Crippen LogP contribution in [0.4, 0.5) is 10.5 Å². The van der Waals surface area contributed by atoms with Crippen molar-refractivity contribution in [2.45, 2.75) is 6.92 Å². The highest BCUT2D eigenvalue weighted by molar-refractivity contribution is 9.10. The van der Waals surface area contributed by atoms with Gasteiger partial charge in [0.1, 0.15) is 16.2 Å². The minimum Gasteiger partial charge on any atom is -0.497 e. The molecule has 2 aromatic heterocycles. The van der Waals surface area contributed by atoms with Gasteiger partial charge in [-0.25, -0.2) is 14.8 Å². The molecule has 0 fully saturated rings. The minimum atomic E-state index is -0.482. The van der Waals surface area contributed by atoms with Crippen molar-refractivity contribution in [1.82, 2.24) is 15.0 Å². The highest BCUT2D eigenvalue weighted by Gasteiger charge is 2.16. The number of imidazole rings is 1. The van der Waals surface area contributed by atoms with Crippen molar-refractivity contribution >= 4 is 27.7 Å². The number of pyridine rings is 1. The molecule has 0 atom stereocenters. The number of aromatic nitrogens is 3. The van der Waals surface area contributed by atoms with Gasteiger partial charge in [-0.05, 0) is 71.4 Å². The number of carbonyl (C=O) groups excluding carboxylic acids is 1. The van der Waals surface area contributed by atoms with Crippen LogP contribution in [0.2, 0.25) is 0 Å². The summed E-state index contributed by atoms with van der Waals surface area (Å²) in [5, 5.41) is 2.69. The Morgan fingerprint density at radius 3 is 2.59 bits per heavy atom. The third-order valence-corrected chi connectivity index (χ3v) is 5.18. The van der Waals surface area contributed by atoms with Crippen molar-refractivity contribution in [3.05, 3.63) is 71.5 Å². The fourth-order valence-electron chi connectivity index (χ4n) is 3.25. The van der Waals surface area contributed by atoms with Gasteiger partial charge in [0.05, 0.1) is 25.1 Å². The Balaban J connectivity index is 1.74. The zero-order valence-electron chi connectivity index (χ0n) is 17.6. The molecule has 2 aromatic carbocycles. The summed E-state index contributed by atoms with van der Waals surface area (Å²) in [5.41, 5.74) is 5.06. The van der Waals surface area contributed by atoms with E-state index in [1.54, 1.807) is 20.2 Å². The van der Waals surface area contributed by atoms with Crippen molar-refractivity contribution < 1.29 is 14.3 Å². The lowest BCUT2D eigenvalue weighted by molar-refractivity contribution is 0.168. The van der Waals surface area contributed by atoms with Gasteiger partial charge in [-0.2, -0.15) is 0 Å². The molecule has 0 radical (unpaired) electrons. The Morgan fingerprint density at radius 1 is 1.06 bits per heavy atom. The first-order valence-electron chi connectivity index (χ1n) is 9.98. The van der Waals surface area contributed by atoms with Gasteiger partial charge < -0.3 is 14.5 Å². The molecule has 4 aromatic rings. The number of anilines is 1. The number of rotatable bonds is 6. The van der Waals surface area contributed by atoms with Crippen LogP contribution in [-0.4, -0.2) is 34.8 Å². The second-order valence-electron chi connectivity index (χ2n) is 6.83. The van der Waals surface area contributed by atoms with Gasteiger partial charge in [-0.3, -0.25) is 5.32 Å². The molecule has 162 valence electrons. The van der Waals surface area contributed by atoms with E-state index in [2.05, 4.69) is 31.2 Å². The van der Waals surface area contributed by atoms with Crippen LogP contribution in [0.3, 0.4) is 0 Å². The number of nitrogens with one attached hydrogen (secondary N) is 2. The molecule has 0 spiro atoms. The molecule has 0 aliphatic carbocycles. The van der Waals surface area contributed by atoms with E-state index in [1.165, 1.54) is 0 Å². The number of aromatic amines is 1. The highest BCUT2D eigenvalue weighted by atomic mass is 79.9. The van der Waals surface area contributed by atoms with E-state index in [4.69, 9.17) is 14.5 Å². The van der Waals surface area contributed by atoms with E-state index in [0.717, 1.165) is 38.4 Å². The molecule has 0 unspecified atom stereocenters. The van der Waals surface area contributed by atoms with Crippen LogP contribution in [0.15, 0.2) is 71.5 Å². The van der Waals surface area contributed by atoms with Crippen molar-refractivity contribution in [3.63, 3.8) is 0 Å². The Kier molecular flexibility index (Phi) is 6.51. The van der Waals surface area contributed by atoms with Gasteiger partial charge >= 0.3 is 6.09 Å². The third-order valence-electron chi connectivity index (χ3n) is 4.74. The monoisotopic (exact) mass is 492 g/mol. The maximum Gasteiger partial charge on any atom is 0.411 e. The maximum absolute atomic E-state index is 11.6. The number of H-pyrrole nitrogens is 1. The first kappa shape index (κ1) is 21.6. The molecule has 7 nitrogen and oxygen atoms in total. The van der Waals surface area contributed by atoms with Crippen molar-refractivity contribution in [2.24, 2.45) is 0 Å². The van der Waals surface area contributed by atoms with Crippen LogP contribution in [0.1, 0.15) is 6.92 Å². The summed E-state index contributed by atoms with van der Waals surface area (Å²) in [5.74, 6) is 1.46.